The van der Waals surface area contributed by atoms with Crippen LogP contribution >= 0.6 is 15.9 Å². The van der Waals surface area contributed by atoms with Gasteiger partial charge in [0.2, 0.25) is 0 Å². The molecule has 0 saturated heterocycles. The van der Waals surface area contributed by atoms with Gasteiger partial charge in [0.15, 0.2) is 0 Å². The minimum Gasteiger partial charge on any atom is -0.490 e. The summed E-state index contributed by atoms with van der Waals surface area (Å²) < 4.78 is 6.63. The van der Waals surface area contributed by atoms with E-state index < -0.39 is 5.97 Å². The molecule has 2 rings (SSSR count). The van der Waals surface area contributed by atoms with Gasteiger partial charge in [-0.05, 0) is 36.6 Å². The van der Waals surface area contributed by atoms with Crippen molar-refractivity contribution >= 4 is 21.9 Å². The van der Waals surface area contributed by atoms with Gasteiger partial charge in [-0.25, -0.2) is 0 Å². The zero-order valence-corrected chi connectivity index (χ0v) is 9.66. The second-order valence-corrected chi connectivity index (χ2v) is 4.54. The molecule has 1 aromatic carbocycles. The van der Waals surface area contributed by atoms with Gasteiger partial charge in [-0.2, -0.15) is 0 Å². The number of aryl methyl sites for hydroxylation is 1. The maximum absolute atomic E-state index is 10.5. The summed E-state index contributed by atoms with van der Waals surface area (Å²) in [6.45, 7) is 0. The molecule has 80 valence electrons. The van der Waals surface area contributed by atoms with E-state index in [4.69, 9.17) is 9.84 Å². The van der Waals surface area contributed by atoms with Crippen molar-refractivity contribution in [1.82, 2.24) is 0 Å². The van der Waals surface area contributed by atoms with Crippen molar-refractivity contribution in [1.29, 1.82) is 0 Å². The fourth-order valence-electron chi connectivity index (χ4n) is 1.75. The summed E-state index contributed by atoms with van der Waals surface area (Å²) in [6, 6.07) is 5.81. The number of rotatable bonds is 2. The zero-order valence-electron chi connectivity index (χ0n) is 8.07. The number of carbonyl (C=O) groups is 1. The third-order valence-corrected chi connectivity index (χ3v) is 2.95. The molecule has 1 aromatic rings. The highest BCUT2D eigenvalue weighted by atomic mass is 79.9. The van der Waals surface area contributed by atoms with Crippen molar-refractivity contribution in [3.05, 3.63) is 28.2 Å². The predicted octanol–water partition coefficient (Wildman–Crippen LogP) is 2.62. The molecule has 1 heterocycles. The van der Waals surface area contributed by atoms with Gasteiger partial charge >= 0.3 is 5.97 Å². The SMILES string of the molecule is O=C(O)C[C@@H]1CCc2cc(Br)ccc2O1. The maximum atomic E-state index is 10.5. The largest absolute Gasteiger partial charge is 0.490 e. The molecule has 0 unspecified atom stereocenters. The van der Waals surface area contributed by atoms with Gasteiger partial charge in [0.05, 0.1) is 6.42 Å². The lowest BCUT2D eigenvalue weighted by atomic mass is 10.0. The van der Waals surface area contributed by atoms with Crippen LogP contribution in [0.1, 0.15) is 18.4 Å². The standard InChI is InChI=1S/C11H11BrO3/c12-8-2-4-10-7(5-8)1-3-9(15-10)6-11(13)14/h2,4-5,9H,1,3,6H2,(H,13,14)/t9-/m0/s1. The second-order valence-electron chi connectivity index (χ2n) is 3.63. The van der Waals surface area contributed by atoms with Crippen LogP contribution < -0.4 is 4.74 Å². The van der Waals surface area contributed by atoms with Crippen LogP contribution in [0.4, 0.5) is 0 Å². The number of hydrogen-bond donors (Lipinski definition) is 1. The van der Waals surface area contributed by atoms with Crippen LogP contribution in [0.25, 0.3) is 0 Å². The van der Waals surface area contributed by atoms with E-state index in [1.807, 2.05) is 18.2 Å². The molecule has 0 aromatic heterocycles. The van der Waals surface area contributed by atoms with Crippen molar-refractivity contribution in [3.8, 4) is 5.75 Å². The lowest BCUT2D eigenvalue weighted by molar-refractivity contribution is -0.139. The minimum atomic E-state index is -0.805. The van der Waals surface area contributed by atoms with Crippen LogP contribution in [-0.2, 0) is 11.2 Å². The highest BCUT2D eigenvalue weighted by Gasteiger charge is 2.21. The first-order chi connectivity index (χ1) is 7.15. The molecular weight excluding hydrogens is 260 g/mol. The Morgan fingerprint density at radius 3 is 3.13 bits per heavy atom. The fraction of sp³-hybridized carbons (Fsp3) is 0.364. The van der Waals surface area contributed by atoms with Gasteiger partial charge in [-0.1, -0.05) is 15.9 Å². The Balaban J connectivity index is 2.13. The lowest BCUT2D eigenvalue weighted by Gasteiger charge is -2.25. The van der Waals surface area contributed by atoms with Gasteiger partial charge < -0.3 is 9.84 Å². The van der Waals surface area contributed by atoms with Gasteiger partial charge in [-0.3, -0.25) is 4.79 Å². The molecule has 1 N–H and O–H groups in total. The van der Waals surface area contributed by atoms with E-state index in [9.17, 15) is 4.79 Å². The van der Waals surface area contributed by atoms with Crippen molar-refractivity contribution in [2.45, 2.75) is 25.4 Å². The Kier molecular flexibility index (Phi) is 2.95. The van der Waals surface area contributed by atoms with Gasteiger partial charge in [0.1, 0.15) is 11.9 Å². The number of ether oxygens (including phenoxy) is 1. The van der Waals surface area contributed by atoms with E-state index in [1.54, 1.807) is 0 Å². The average molecular weight is 271 g/mol. The van der Waals surface area contributed by atoms with Crippen LogP contribution in [0, 0.1) is 0 Å². The van der Waals surface area contributed by atoms with E-state index in [0.29, 0.717) is 0 Å². The van der Waals surface area contributed by atoms with E-state index in [1.165, 1.54) is 0 Å². The Hall–Kier alpha value is -1.03. The van der Waals surface area contributed by atoms with E-state index in [2.05, 4.69) is 15.9 Å². The Morgan fingerprint density at radius 1 is 1.60 bits per heavy atom. The maximum Gasteiger partial charge on any atom is 0.307 e. The first kappa shape index (κ1) is 10.5. The van der Waals surface area contributed by atoms with Crippen molar-refractivity contribution in [2.75, 3.05) is 0 Å². The minimum absolute atomic E-state index is 0.0789. The molecule has 0 aliphatic carbocycles. The topological polar surface area (TPSA) is 46.5 Å². The highest BCUT2D eigenvalue weighted by Crippen LogP contribution is 2.30. The molecule has 0 fully saturated rings. The molecule has 1 atom stereocenters. The van der Waals surface area contributed by atoms with Crippen LogP contribution in [0.2, 0.25) is 0 Å². The third kappa shape index (κ3) is 2.50. The normalized spacial score (nSPS) is 19.1. The number of carboxylic acid groups (broad SMARTS) is 1. The summed E-state index contributed by atoms with van der Waals surface area (Å²) >= 11 is 3.40. The molecule has 1 aliphatic rings. The summed E-state index contributed by atoms with van der Waals surface area (Å²) in [5.74, 6) is 0.0104. The number of fused-ring (bicyclic) bond motifs is 1. The molecule has 0 saturated carbocycles. The molecule has 15 heavy (non-hydrogen) atoms. The summed E-state index contributed by atoms with van der Waals surface area (Å²) in [4.78, 5) is 10.5. The summed E-state index contributed by atoms with van der Waals surface area (Å²) in [5.41, 5.74) is 1.14. The van der Waals surface area contributed by atoms with Gasteiger partial charge in [0.25, 0.3) is 0 Å². The first-order valence-corrected chi connectivity index (χ1v) is 5.61. The Labute approximate surface area is 96.2 Å². The van der Waals surface area contributed by atoms with Crippen LogP contribution in [0.3, 0.4) is 0 Å². The monoisotopic (exact) mass is 270 g/mol. The third-order valence-electron chi connectivity index (χ3n) is 2.45. The van der Waals surface area contributed by atoms with Crippen LogP contribution in [-0.4, -0.2) is 17.2 Å². The zero-order chi connectivity index (χ0) is 10.8. The van der Waals surface area contributed by atoms with Crippen LogP contribution in [0.5, 0.6) is 5.75 Å². The number of benzene rings is 1. The average Bonchev–Trinajstić information content (AvgIpc) is 2.17. The summed E-state index contributed by atoms with van der Waals surface area (Å²) in [7, 11) is 0. The smallest absolute Gasteiger partial charge is 0.307 e. The number of halogens is 1. The quantitative estimate of drug-likeness (QED) is 0.899. The van der Waals surface area contributed by atoms with Crippen LogP contribution in [0.15, 0.2) is 22.7 Å². The fourth-order valence-corrected chi connectivity index (χ4v) is 2.16. The molecule has 3 nitrogen and oxygen atoms in total. The molecular formula is C11H11BrO3. The van der Waals surface area contributed by atoms with Crippen molar-refractivity contribution < 1.29 is 14.6 Å². The summed E-state index contributed by atoms with van der Waals surface area (Å²) in [5, 5.41) is 8.67. The van der Waals surface area contributed by atoms with Gasteiger partial charge in [0, 0.05) is 4.47 Å². The molecule has 4 heteroatoms. The van der Waals surface area contributed by atoms with Gasteiger partial charge in [-0.15, -0.1) is 0 Å². The van der Waals surface area contributed by atoms with E-state index >= 15 is 0 Å². The van der Waals surface area contributed by atoms with E-state index in [0.717, 1.165) is 28.6 Å². The first-order valence-electron chi connectivity index (χ1n) is 4.82. The Morgan fingerprint density at radius 2 is 2.40 bits per heavy atom. The number of hydrogen-bond acceptors (Lipinski definition) is 2. The number of carboxylic acids is 1. The number of aliphatic carboxylic acids is 1. The molecule has 1 aliphatic heterocycles. The Bertz CT molecular complexity index is 389. The van der Waals surface area contributed by atoms with Crippen molar-refractivity contribution in [3.63, 3.8) is 0 Å². The molecule has 0 radical (unpaired) electrons. The highest BCUT2D eigenvalue weighted by molar-refractivity contribution is 9.10. The van der Waals surface area contributed by atoms with Crippen molar-refractivity contribution in [2.24, 2.45) is 0 Å². The second kappa shape index (κ2) is 4.23. The lowest BCUT2D eigenvalue weighted by Crippen LogP contribution is -2.25. The molecule has 0 amide bonds. The summed E-state index contributed by atoms with van der Waals surface area (Å²) in [6.07, 6.45) is 1.55. The van der Waals surface area contributed by atoms with E-state index in [-0.39, 0.29) is 12.5 Å². The predicted molar refractivity (Wildman–Crippen MR) is 59.1 cm³/mol. The molecule has 0 bridgehead atoms. The molecule has 0 spiro atoms.